The summed E-state index contributed by atoms with van der Waals surface area (Å²) in [7, 11) is 4.42. The van der Waals surface area contributed by atoms with Crippen LogP contribution in [0, 0.1) is 0 Å². The number of aliphatic hydroxyl groups excluding tert-OH is 1. The van der Waals surface area contributed by atoms with Gasteiger partial charge < -0.3 is 33.4 Å². The van der Waals surface area contributed by atoms with Crippen LogP contribution in [0.1, 0.15) is 22.9 Å². The lowest BCUT2D eigenvalue weighted by Gasteiger charge is -2.26. The van der Waals surface area contributed by atoms with Crippen molar-refractivity contribution in [3.05, 3.63) is 89.9 Å². The van der Waals surface area contributed by atoms with Crippen molar-refractivity contribution in [2.75, 3.05) is 27.9 Å². The van der Waals surface area contributed by atoms with Crippen LogP contribution in [0.25, 0.3) is 5.76 Å². The van der Waals surface area contributed by atoms with Gasteiger partial charge in [0.1, 0.15) is 23.9 Å². The van der Waals surface area contributed by atoms with Gasteiger partial charge in [-0.3, -0.25) is 9.59 Å². The summed E-state index contributed by atoms with van der Waals surface area (Å²) >= 11 is 0. The van der Waals surface area contributed by atoms with Gasteiger partial charge in [-0.05, 0) is 54.1 Å². The second-order valence-corrected chi connectivity index (χ2v) is 8.09. The van der Waals surface area contributed by atoms with Gasteiger partial charge in [0.15, 0.2) is 11.5 Å². The van der Waals surface area contributed by atoms with Crippen molar-refractivity contribution in [1.29, 1.82) is 0 Å². The summed E-state index contributed by atoms with van der Waals surface area (Å²) in [4.78, 5) is 27.9. The first kappa shape index (κ1) is 25.4. The molecule has 192 valence electrons. The van der Waals surface area contributed by atoms with E-state index in [9.17, 15) is 14.7 Å². The third kappa shape index (κ3) is 4.88. The number of carbonyl (C=O) groups excluding carboxylic acids is 2. The number of nitrogens with zero attached hydrogens (tertiary/aromatic N) is 1. The third-order valence-electron chi connectivity index (χ3n) is 5.94. The van der Waals surface area contributed by atoms with Gasteiger partial charge >= 0.3 is 0 Å². The van der Waals surface area contributed by atoms with E-state index in [2.05, 4.69) is 6.58 Å². The number of hydrogen-bond donors (Lipinski definition) is 1. The van der Waals surface area contributed by atoms with Gasteiger partial charge in [0.05, 0.1) is 45.8 Å². The van der Waals surface area contributed by atoms with Gasteiger partial charge in [-0.15, -0.1) is 0 Å². The van der Waals surface area contributed by atoms with Gasteiger partial charge in [-0.1, -0.05) is 12.7 Å². The van der Waals surface area contributed by atoms with E-state index in [0.29, 0.717) is 46.5 Å². The molecule has 1 saturated heterocycles. The molecule has 9 heteroatoms. The summed E-state index contributed by atoms with van der Waals surface area (Å²) in [5.74, 6) is 0.144. The Morgan fingerprint density at radius 1 is 1.05 bits per heavy atom. The predicted molar refractivity (Wildman–Crippen MR) is 135 cm³/mol. The summed E-state index contributed by atoms with van der Waals surface area (Å²) in [5.41, 5.74) is 0.748. The number of ketones is 1. The summed E-state index contributed by atoms with van der Waals surface area (Å²) in [6, 6.07) is 12.3. The fraction of sp³-hybridized carbons (Fsp3) is 0.214. The van der Waals surface area contributed by atoms with Crippen LogP contribution in [-0.2, 0) is 16.1 Å². The fourth-order valence-electron chi connectivity index (χ4n) is 4.24. The number of benzene rings is 2. The highest BCUT2D eigenvalue weighted by Crippen LogP contribution is 2.46. The Kier molecular flexibility index (Phi) is 7.52. The molecule has 0 spiro atoms. The Morgan fingerprint density at radius 3 is 2.27 bits per heavy atom. The van der Waals surface area contributed by atoms with E-state index >= 15 is 0 Å². The normalized spacial score (nSPS) is 16.5. The number of likely N-dealkylation sites (tertiary alicyclic amines) is 1. The minimum absolute atomic E-state index is 0.00398. The van der Waals surface area contributed by atoms with Crippen LogP contribution in [0.5, 0.6) is 23.0 Å². The SMILES string of the molecule is C=CCOc1ccc(/C(O)=C2\C(=O)C(=O)N(Cc3ccco3)C2c2cc(OC)c(OC)c(OC)c2)cc1. The summed E-state index contributed by atoms with van der Waals surface area (Å²) in [6.07, 6.45) is 3.10. The molecule has 1 aliphatic rings. The molecule has 1 aliphatic heterocycles. The van der Waals surface area contributed by atoms with Gasteiger partial charge in [0, 0.05) is 5.56 Å². The van der Waals surface area contributed by atoms with Crippen molar-refractivity contribution in [1.82, 2.24) is 4.90 Å². The molecule has 1 fully saturated rings. The zero-order valence-electron chi connectivity index (χ0n) is 20.7. The molecule has 0 radical (unpaired) electrons. The van der Waals surface area contributed by atoms with Crippen molar-refractivity contribution in [3.63, 3.8) is 0 Å². The third-order valence-corrected chi connectivity index (χ3v) is 5.94. The average Bonchev–Trinajstić information content (AvgIpc) is 3.53. The Bertz CT molecular complexity index is 1300. The van der Waals surface area contributed by atoms with Crippen LogP contribution >= 0.6 is 0 Å². The maximum atomic E-state index is 13.3. The van der Waals surface area contributed by atoms with E-state index in [1.54, 1.807) is 54.6 Å². The molecule has 0 aliphatic carbocycles. The van der Waals surface area contributed by atoms with Crippen LogP contribution in [0.4, 0.5) is 0 Å². The molecule has 1 atom stereocenters. The number of hydrogen-bond acceptors (Lipinski definition) is 8. The molecule has 2 aromatic carbocycles. The number of methoxy groups -OCH3 is 3. The van der Waals surface area contributed by atoms with Gasteiger partial charge in [-0.25, -0.2) is 0 Å². The first-order valence-corrected chi connectivity index (χ1v) is 11.4. The van der Waals surface area contributed by atoms with Crippen LogP contribution in [-0.4, -0.2) is 49.6 Å². The van der Waals surface area contributed by atoms with E-state index in [1.807, 2.05) is 0 Å². The Balaban J connectivity index is 1.88. The standard InChI is InChI=1S/C28H27NO8/c1-5-12-36-19-10-8-17(9-11-19)25(30)23-24(18-14-21(33-2)27(35-4)22(15-18)34-3)29(28(32)26(23)31)16-20-7-6-13-37-20/h5-11,13-15,24,30H,1,12,16H2,2-4H3/b25-23+. The zero-order valence-corrected chi connectivity index (χ0v) is 20.7. The monoisotopic (exact) mass is 505 g/mol. The molecule has 1 aromatic heterocycles. The van der Waals surface area contributed by atoms with Gasteiger partial charge in [0.25, 0.3) is 11.7 Å². The molecular weight excluding hydrogens is 478 g/mol. The van der Waals surface area contributed by atoms with Crippen LogP contribution in [0.2, 0.25) is 0 Å². The topological polar surface area (TPSA) is 108 Å². The van der Waals surface area contributed by atoms with Crippen molar-refractivity contribution in [2.45, 2.75) is 12.6 Å². The second-order valence-electron chi connectivity index (χ2n) is 8.09. The Labute approximate surface area is 214 Å². The maximum absolute atomic E-state index is 13.3. The molecular formula is C28H27NO8. The summed E-state index contributed by atoms with van der Waals surface area (Å²) in [6.45, 7) is 3.94. The van der Waals surface area contributed by atoms with E-state index in [-0.39, 0.29) is 17.9 Å². The van der Waals surface area contributed by atoms with Crippen molar-refractivity contribution >= 4 is 17.4 Å². The molecule has 1 unspecified atom stereocenters. The molecule has 0 saturated carbocycles. The Hall–Kier alpha value is -4.66. The van der Waals surface area contributed by atoms with Crippen LogP contribution in [0.3, 0.4) is 0 Å². The van der Waals surface area contributed by atoms with Crippen LogP contribution < -0.4 is 18.9 Å². The number of amides is 1. The van der Waals surface area contributed by atoms with Crippen molar-refractivity contribution < 1.29 is 38.1 Å². The largest absolute Gasteiger partial charge is 0.507 e. The molecule has 2 heterocycles. The highest BCUT2D eigenvalue weighted by atomic mass is 16.5. The predicted octanol–water partition coefficient (Wildman–Crippen LogP) is 4.49. The fourth-order valence-corrected chi connectivity index (χ4v) is 4.24. The number of aliphatic hydroxyl groups is 1. The minimum Gasteiger partial charge on any atom is -0.507 e. The van der Waals surface area contributed by atoms with Gasteiger partial charge in [0.2, 0.25) is 5.75 Å². The second kappa shape index (κ2) is 10.9. The molecule has 37 heavy (non-hydrogen) atoms. The lowest BCUT2D eigenvalue weighted by atomic mass is 9.94. The maximum Gasteiger partial charge on any atom is 0.296 e. The summed E-state index contributed by atoms with van der Waals surface area (Å²) in [5, 5.41) is 11.3. The molecule has 9 nitrogen and oxygen atoms in total. The lowest BCUT2D eigenvalue weighted by Crippen LogP contribution is -2.29. The zero-order chi connectivity index (χ0) is 26.5. The number of furan rings is 1. The minimum atomic E-state index is -0.963. The van der Waals surface area contributed by atoms with E-state index in [4.69, 9.17) is 23.4 Å². The summed E-state index contributed by atoms with van der Waals surface area (Å²) < 4.78 is 27.3. The molecule has 1 N–H and O–H groups in total. The van der Waals surface area contributed by atoms with E-state index < -0.39 is 17.7 Å². The quantitative estimate of drug-likeness (QED) is 0.186. The molecule has 1 amide bonds. The average molecular weight is 506 g/mol. The van der Waals surface area contributed by atoms with Crippen molar-refractivity contribution in [3.8, 4) is 23.0 Å². The first-order valence-electron chi connectivity index (χ1n) is 11.4. The van der Waals surface area contributed by atoms with Crippen LogP contribution in [0.15, 0.2) is 77.4 Å². The molecule has 0 bridgehead atoms. The number of Topliss-reactive ketones (excluding diaryl/α,β-unsaturated/α-hetero) is 1. The highest BCUT2D eigenvalue weighted by Gasteiger charge is 2.47. The lowest BCUT2D eigenvalue weighted by molar-refractivity contribution is -0.140. The first-order chi connectivity index (χ1) is 17.9. The van der Waals surface area contributed by atoms with Crippen molar-refractivity contribution in [2.24, 2.45) is 0 Å². The number of ether oxygens (including phenoxy) is 4. The van der Waals surface area contributed by atoms with Gasteiger partial charge in [-0.2, -0.15) is 0 Å². The molecule has 3 aromatic rings. The van der Waals surface area contributed by atoms with E-state index in [1.165, 1.54) is 32.5 Å². The van der Waals surface area contributed by atoms with E-state index in [0.717, 1.165) is 0 Å². The molecule has 4 rings (SSSR count). The highest BCUT2D eigenvalue weighted by molar-refractivity contribution is 6.46. The number of carbonyl (C=O) groups is 2. The smallest absolute Gasteiger partial charge is 0.296 e. The number of rotatable bonds is 10. The Morgan fingerprint density at radius 2 is 1.73 bits per heavy atom.